The highest BCUT2D eigenvalue weighted by Gasteiger charge is 2.21. The quantitative estimate of drug-likeness (QED) is 0.0196. The average molecular weight is 779 g/mol. The maximum Gasteiger partial charge on any atom is 0.259 e. The zero-order valence-corrected chi connectivity index (χ0v) is 33.3. The van der Waals surface area contributed by atoms with Crippen molar-refractivity contribution in [3.05, 3.63) is 84.4 Å². The number of hydrazine groups is 1. The van der Waals surface area contributed by atoms with E-state index in [9.17, 15) is 14.7 Å². The molecule has 0 aliphatic heterocycles. The molecule has 2 amide bonds. The molecule has 12 nitrogen and oxygen atoms in total. The molecule has 0 unspecified atom stereocenters. The van der Waals surface area contributed by atoms with Crippen LogP contribution in [-0.4, -0.2) is 49.9 Å². The summed E-state index contributed by atoms with van der Waals surface area (Å²) in [5, 5.41) is 28.6. The normalized spacial score (nSPS) is 11.4. The number of aliphatic imine (C=N–C) groups is 1. The number of fused-ring (bicyclic) bond motifs is 1. The van der Waals surface area contributed by atoms with Crippen LogP contribution >= 0.6 is 11.8 Å². The van der Waals surface area contributed by atoms with Crippen LogP contribution in [0.25, 0.3) is 10.8 Å². The molecule has 5 rings (SSSR count). The number of nitrogens with zero attached hydrogens (tertiary/aromatic N) is 5. The van der Waals surface area contributed by atoms with E-state index in [0.29, 0.717) is 48.0 Å². The van der Waals surface area contributed by atoms with Crippen molar-refractivity contribution < 1.29 is 19.4 Å². The van der Waals surface area contributed by atoms with E-state index in [1.165, 1.54) is 76.0 Å². The Morgan fingerprint density at radius 3 is 2.25 bits per heavy atom. The number of amides is 2. The highest BCUT2D eigenvalue weighted by Crippen LogP contribution is 2.39. The molecule has 0 aliphatic rings. The van der Waals surface area contributed by atoms with E-state index in [0.717, 1.165) is 40.2 Å². The summed E-state index contributed by atoms with van der Waals surface area (Å²) in [4.78, 5) is 29.7. The highest BCUT2D eigenvalue weighted by molar-refractivity contribution is 7.99. The molecule has 1 heterocycles. The number of phenols is 1. The lowest BCUT2D eigenvalue weighted by molar-refractivity contribution is -0.109. The van der Waals surface area contributed by atoms with Crippen molar-refractivity contribution in [2.24, 2.45) is 4.99 Å². The molecule has 5 aromatic rings. The first-order valence-corrected chi connectivity index (χ1v) is 20.6. The standard InChI is InChI=1S/C43H54N8O4S/c1-3-4-5-6-7-8-9-10-11-12-13-18-29-55-39-22-17-16-21-38(39)46-42(54)37-30-40(35-19-14-15-20-36(35)41(37)53)56-43-48-49-50-51(43)28-27-32(2)45-33-23-25-34(26-24-33)47-44-31-52/h14-17,19-26,30-31,47,53H,3-13,18,27-29H2,1-2H3,(H,44,52)(H,46,54). The molecular formula is C43H54N8O4S. The van der Waals surface area contributed by atoms with E-state index in [-0.39, 0.29) is 11.3 Å². The van der Waals surface area contributed by atoms with Crippen LogP contribution < -0.4 is 20.9 Å². The molecule has 0 aliphatic carbocycles. The summed E-state index contributed by atoms with van der Waals surface area (Å²) >= 11 is 1.32. The van der Waals surface area contributed by atoms with Gasteiger partial charge in [0.2, 0.25) is 11.6 Å². The molecule has 4 N–H and O–H groups in total. The van der Waals surface area contributed by atoms with Crippen LogP contribution in [0.3, 0.4) is 0 Å². The first-order chi connectivity index (χ1) is 27.5. The molecule has 56 heavy (non-hydrogen) atoms. The predicted octanol–water partition coefficient (Wildman–Crippen LogP) is 10.3. The summed E-state index contributed by atoms with van der Waals surface area (Å²) in [5.74, 6) is 0.0390. The number of unbranched alkanes of at least 4 members (excludes halogenated alkanes) is 11. The number of ether oxygens (including phenoxy) is 1. The number of carbonyl (C=O) groups is 2. The number of rotatable bonds is 25. The smallest absolute Gasteiger partial charge is 0.259 e. The van der Waals surface area contributed by atoms with Gasteiger partial charge in [0, 0.05) is 22.4 Å². The van der Waals surface area contributed by atoms with E-state index >= 15 is 0 Å². The van der Waals surface area contributed by atoms with Gasteiger partial charge in [-0.25, -0.2) is 4.68 Å². The maximum absolute atomic E-state index is 13.8. The number of tetrazole rings is 1. The second-order valence-electron chi connectivity index (χ2n) is 13.8. The molecule has 0 fully saturated rings. The molecule has 296 valence electrons. The Balaban J connectivity index is 1.17. The fourth-order valence-corrected chi connectivity index (χ4v) is 7.35. The van der Waals surface area contributed by atoms with E-state index < -0.39 is 5.91 Å². The van der Waals surface area contributed by atoms with Crippen molar-refractivity contribution in [1.29, 1.82) is 0 Å². The van der Waals surface area contributed by atoms with Crippen LogP contribution in [0, 0.1) is 0 Å². The Morgan fingerprint density at radius 2 is 1.54 bits per heavy atom. The van der Waals surface area contributed by atoms with Crippen molar-refractivity contribution in [1.82, 2.24) is 25.6 Å². The number of phenolic OH excluding ortho intramolecular Hbond substituents is 1. The minimum Gasteiger partial charge on any atom is -0.506 e. The number of benzene rings is 4. The average Bonchev–Trinajstić information content (AvgIpc) is 3.66. The molecule has 1 aromatic heterocycles. The lowest BCUT2D eigenvalue weighted by atomic mass is 10.0. The number of anilines is 2. The Morgan fingerprint density at radius 1 is 0.875 bits per heavy atom. The largest absolute Gasteiger partial charge is 0.506 e. The lowest BCUT2D eigenvalue weighted by Crippen LogP contribution is -2.18. The zero-order chi connectivity index (χ0) is 39.4. The number of nitrogens with one attached hydrogen (secondary N) is 3. The van der Waals surface area contributed by atoms with Crippen molar-refractivity contribution >= 4 is 57.6 Å². The molecule has 0 saturated carbocycles. The van der Waals surface area contributed by atoms with Gasteiger partial charge in [-0.15, -0.1) is 5.10 Å². The summed E-state index contributed by atoms with van der Waals surface area (Å²) in [7, 11) is 0. The number of hydrogen-bond acceptors (Lipinski definition) is 10. The second-order valence-corrected chi connectivity index (χ2v) is 14.8. The minimum atomic E-state index is -0.452. The molecule has 0 radical (unpaired) electrons. The van der Waals surface area contributed by atoms with Crippen LogP contribution in [-0.2, 0) is 11.3 Å². The third-order valence-corrected chi connectivity index (χ3v) is 10.5. The summed E-state index contributed by atoms with van der Waals surface area (Å²) in [6, 6.07) is 23.8. The van der Waals surface area contributed by atoms with Crippen molar-refractivity contribution in [2.75, 3.05) is 17.3 Å². The molecule has 13 heteroatoms. The number of hydrogen-bond donors (Lipinski definition) is 4. The molecule has 4 aromatic carbocycles. The van der Waals surface area contributed by atoms with Gasteiger partial charge in [-0.3, -0.25) is 25.4 Å². The van der Waals surface area contributed by atoms with Gasteiger partial charge in [-0.2, -0.15) is 0 Å². The number of aromatic nitrogens is 4. The van der Waals surface area contributed by atoms with Crippen LogP contribution in [0.1, 0.15) is 108 Å². The first-order valence-electron chi connectivity index (χ1n) is 19.8. The van der Waals surface area contributed by atoms with Crippen LogP contribution in [0.15, 0.2) is 93.9 Å². The van der Waals surface area contributed by atoms with Gasteiger partial charge in [-0.05, 0) is 83.4 Å². The highest BCUT2D eigenvalue weighted by atomic mass is 32.2. The lowest BCUT2D eigenvalue weighted by Gasteiger charge is -2.15. The molecular weight excluding hydrogens is 725 g/mol. The van der Waals surface area contributed by atoms with Gasteiger partial charge in [0.25, 0.3) is 5.91 Å². The number of para-hydroxylation sites is 2. The summed E-state index contributed by atoms with van der Waals surface area (Å²) < 4.78 is 7.84. The van der Waals surface area contributed by atoms with Crippen LogP contribution in [0.5, 0.6) is 11.5 Å². The summed E-state index contributed by atoms with van der Waals surface area (Å²) in [6.45, 7) is 5.25. The molecule has 0 atom stereocenters. The van der Waals surface area contributed by atoms with Gasteiger partial charge >= 0.3 is 0 Å². The molecule has 0 bridgehead atoms. The van der Waals surface area contributed by atoms with E-state index in [4.69, 9.17) is 9.73 Å². The van der Waals surface area contributed by atoms with Gasteiger partial charge in [0.15, 0.2) is 0 Å². The Labute approximate surface area is 333 Å². The fraction of sp³-hybridized carbons (Fsp3) is 0.395. The maximum atomic E-state index is 13.8. The summed E-state index contributed by atoms with van der Waals surface area (Å²) in [6.07, 6.45) is 16.5. The monoisotopic (exact) mass is 778 g/mol. The topological polar surface area (TPSA) is 156 Å². The Kier molecular flexibility index (Phi) is 17.0. The van der Waals surface area contributed by atoms with E-state index in [1.54, 1.807) is 16.8 Å². The zero-order valence-electron chi connectivity index (χ0n) is 32.5. The minimum absolute atomic E-state index is 0.104. The number of aromatic hydroxyl groups is 1. The molecule has 0 saturated heterocycles. The van der Waals surface area contributed by atoms with E-state index in [1.807, 2.05) is 73.7 Å². The van der Waals surface area contributed by atoms with Gasteiger partial charge < -0.3 is 15.2 Å². The van der Waals surface area contributed by atoms with Crippen LogP contribution in [0.2, 0.25) is 0 Å². The SMILES string of the molecule is CCCCCCCCCCCCCCOc1ccccc1NC(=O)c1cc(Sc2nnnn2CCC(C)=Nc2ccc(NNC=O)cc2)c2ccccc2c1O. The second kappa shape index (κ2) is 22.8. The number of carbonyl (C=O) groups excluding carboxylic acids is 2. The predicted molar refractivity (Wildman–Crippen MR) is 225 cm³/mol. The van der Waals surface area contributed by atoms with E-state index in [2.05, 4.69) is 38.6 Å². The third kappa shape index (κ3) is 12.8. The van der Waals surface area contributed by atoms with Crippen molar-refractivity contribution in [3.8, 4) is 11.5 Å². The van der Waals surface area contributed by atoms with Crippen molar-refractivity contribution in [3.63, 3.8) is 0 Å². The van der Waals surface area contributed by atoms with Crippen molar-refractivity contribution in [2.45, 2.75) is 114 Å². The van der Waals surface area contributed by atoms with Gasteiger partial charge in [0.1, 0.15) is 11.5 Å². The molecule has 0 spiro atoms. The van der Waals surface area contributed by atoms with Gasteiger partial charge in [0.05, 0.1) is 35.8 Å². The van der Waals surface area contributed by atoms with Crippen LogP contribution in [0.4, 0.5) is 17.1 Å². The first kappa shape index (κ1) is 41.7. The van der Waals surface area contributed by atoms with Gasteiger partial charge in [-0.1, -0.05) is 114 Å². The Bertz CT molecular complexity index is 2020. The fourth-order valence-electron chi connectivity index (χ4n) is 6.38. The number of aryl methyl sites for hydroxylation is 1. The third-order valence-electron chi connectivity index (χ3n) is 9.46. The Hall–Kier alpha value is -5.43. The summed E-state index contributed by atoms with van der Waals surface area (Å²) in [5.41, 5.74) is 8.25.